The number of nitrogens with one attached hydrogen (secondary N) is 1. The van der Waals surface area contributed by atoms with Gasteiger partial charge in [0.05, 0.1) is 16.2 Å². The average molecular weight is 257 g/mol. The highest BCUT2D eigenvalue weighted by atomic mass is 35.5. The van der Waals surface area contributed by atoms with Gasteiger partial charge in [0, 0.05) is 12.2 Å². The standard InChI is InChI=1S/C12H17ClN2O2/c1-3-12(2,17)7-15-11(16)10-8(13)5-4-6-9(10)14/h4-6,17H,3,7,14H2,1-2H3,(H,15,16). The Bertz CT molecular complexity index is 399. The maximum absolute atomic E-state index is 11.9. The molecule has 0 aliphatic heterocycles. The molecule has 0 aliphatic rings. The Morgan fingerprint density at radius 2 is 2.24 bits per heavy atom. The number of carbonyl (C=O) groups excluding carboxylic acids is 1. The van der Waals surface area contributed by atoms with E-state index in [0.717, 1.165) is 0 Å². The molecular weight excluding hydrogens is 240 g/mol. The van der Waals surface area contributed by atoms with Crippen LogP contribution >= 0.6 is 11.6 Å². The topological polar surface area (TPSA) is 75.3 Å². The van der Waals surface area contributed by atoms with Gasteiger partial charge >= 0.3 is 0 Å². The quantitative estimate of drug-likeness (QED) is 0.720. The van der Waals surface area contributed by atoms with Crippen LogP contribution in [0.25, 0.3) is 0 Å². The molecule has 1 unspecified atom stereocenters. The van der Waals surface area contributed by atoms with Crippen LogP contribution in [-0.2, 0) is 0 Å². The largest absolute Gasteiger partial charge is 0.398 e. The van der Waals surface area contributed by atoms with E-state index < -0.39 is 5.60 Å². The smallest absolute Gasteiger partial charge is 0.254 e. The minimum Gasteiger partial charge on any atom is -0.398 e. The molecule has 4 N–H and O–H groups in total. The van der Waals surface area contributed by atoms with Crippen LogP contribution in [0.4, 0.5) is 5.69 Å². The van der Waals surface area contributed by atoms with Crippen molar-refractivity contribution >= 4 is 23.2 Å². The first kappa shape index (κ1) is 13.8. The lowest BCUT2D eigenvalue weighted by Crippen LogP contribution is -2.40. The van der Waals surface area contributed by atoms with Gasteiger partial charge in [0.15, 0.2) is 0 Å². The van der Waals surface area contributed by atoms with Crippen molar-refractivity contribution < 1.29 is 9.90 Å². The number of aliphatic hydroxyl groups is 1. The molecule has 0 radical (unpaired) electrons. The molecule has 0 bridgehead atoms. The van der Waals surface area contributed by atoms with Gasteiger partial charge in [-0.25, -0.2) is 0 Å². The lowest BCUT2D eigenvalue weighted by Gasteiger charge is -2.21. The molecule has 1 atom stereocenters. The van der Waals surface area contributed by atoms with E-state index in [-0.39, 0.29) is 18.0 Å². The third kappa shape index (κ3) is 3.61. The molecule has 1 amide bonds. The van der Waals surface area contributed by atoms with E-state index in [2.05, 4.69) is 5.32 Å². The predicted octanol–water partition coefficient (Wildman–Crippen LogP) is 1.81. The Kier molecular flexibility index (Phi) is 4.37. The first-order valence-electron chi connectivity index (χ1n) is 5.42. The number of halogens is 1. The van der Waals surface area contributed by atoms with E-state index in [1.165, 1.54) is 0 Å². The van der Waals surface area contributed by atoms with E-state index >= 15 is 0 Å². The first-order valence-corrected chi connectivity index (χ1v) is 5.80. The highest BCUT2D eigenvalue weighted by molar-refractivity contribution is 6.34. The molecule has 17 heavy (non-hydrogen) atoms. The Morgan fingerprint density at radius 1 is 1.59 bits per heavy atom. The van der Waals surface area contributed by atoms with Gasteiger partial charge in [-0.15, -0.1) is 0 Å². The van der Waals surface area contributed by atoms with Crippen molar-refractivity contribution in [1.82, 2.24) is 5.32 Å². The van der Waals surface area contributed by atoms with Gasteiger partial charge in [-0.2, -0.15) is 0 Å². The van der Waals surface area contributed by atoms with Gasteiger partial charge in [0.25, 0.3) is 5.91 Å². The Balaban J connectivity index is 2.78. The number of nitrogens with two attached hydrogens (primary N) is 1. The van der Waals surface area contributed by atoms with Crippen LogP contribution < -0.4 is 11.1 Å². The zero-order chi connectivity index (χ0) is 13.1. The minimum absolute atomic E-state index is 0.160. The van der Waals surface area contributed by atoms with E-state index in [1.807, 2.05) is 6.92 Å². The van der Waals surface area contributed by atoms with Gasteiger partial charge < -0.3 is 16.2 Å². The summed E-state index contributed by atoms with van der Waals surface area (Å²) < 4.78 is 0. The molecule has 1 rings (SSSR count). The third-order valence-corrected chi connectivity index (χ3v) is 2.98. The highest BCUT2D eigenvalue weighted by Crippen LogP contribution is 2.21. The SMILES string of the molecule is CCC(C)(O)CNC(=O)c1c(N)cccc1Cl. The number of anilines is 1. The number of hydrogen-bond acceptors (Lipinski definition) is 3. The summed E-state index contributed by atoms with van der Waals surface area (Å²) in [6, 6.07) is 4.89. The van der Waals surface area contributed by atoms with E-state index in [1.54, 1.807) is 25.1 Å². The van der Waals surface area contributed by atoms with Crippen molar-refractivity contribution in [3.05, 3.63) is 28.8 Å². The number of benzene rings is 1. The Hall–Kier alpha value is -1.26. The molecule has 94 valence electrons. The van der Waals surface area contributed by atoms with Crippen LogP contribution in [-0.4, -0.2) is 23.2 Å². The molecule has 1 aromatic rings. The van der Waals surface area contributed by atoms with Crippen LogP contribution in [0.5, 0.6) is 0 Å². The fraction of sp³-hybridized carbons (Fsp3) is 0.417. The summed E-state index contributed by atoms with van der Waals surface area (Å²) in [5.41, 5.74) is 5.34. The zero-order valence-electron chi connectivity index (χ0n) is 9.96. The molecule has 5 heteroatoms. The van der Waals surface area contributed by atoms with Gasteiger partial charge in [0.1, 0.15) is 0 Å². The minimum atomic E-state index is -0.925. The monoisotopic (exact) mass is 256 g/mol. The van der Waals surface area contributed by atoms with E-state index in [0.29, 0.717) is 17.1 Å². The highest BCUT2D eigenvalue weighted by Gasteiger charge is 2.20. The number of amides is 1. The normalized spacial score (nSPS) is 14.1. The van der Waals surface area contributed by atoms with Crippen LogP contribution in [0, 0.1) is 0 Å². The first-order chi connectivity index (χ1) is 7.87. The number of carbonyl (C=O) groups is 1. The summed E-state index contributed by atoms with van der Waals surface area (Å²) in [4.78, 5) is 11.9. The molecule has 0 saturated carbocycles. The maximum Gasteiger partial charge on any atom is 0.254 e. The molecule has 0 spiro atoms. The summed E-state index contributed by atoms with van der Waals surface area (Å²) in [6.07, 6.45) is 0.547. The van der Waals surface area contributed by atoms with Crippen molar-refractivity contribution in [2.45, 2.75) is 25.9 Å². The predicted molar refractivity (Wildman–Crippen MR) is 69.1 cm³/mol. The van der Waals surface area contributed by atoms with Crippen molar-refractivity contribution in [3.63, 3.8) is 0 Å². The van der Waals surface area contributed by atoms with E-state index in [9.17, 15) is 9.90 Å². The molecule has 4 nitrogen and oxygen atoms in total. The lowest BCUT2D eigenvalue weighted by atomic mass is 10.0. The summed E-state index contributed by atoms with van der Waals surface area (Å²) in [7, 11) is 0. The summed E-state index contributed by atoms with van der Waals surface area (Å²) in [5, 5.41) is 12.7. The third-order valence-electron chi connectivity index (χ3n) is 2.66. The molecule has 0 aromatic heterocycles. The molecule has 0 heterocycles. The number of nitrogen functional groups attached to an aromatic ring is 1. The fourth-order valence-corrected chi connectivity index (χ4v) is 1.53. The summed E-state index contributed by atoms with van der Waals surface area (Å²) in [6.45, 7) is 3.66. The molecule has 0 fully saturated rings. The fourth-order valence-electron chi connectivity index (χ4n) is 1.26. The number of hydrogen-bond donors (Lipinski definition) is 3. The second kappa shape index (κ2) is 5.38. The maximum atomic E-state index is 11.9. The summed E-state index contributed by atoms with van der Waals surface area (Å²) >= 11 is 5.90. The van der Waals surface area contributed by atoms with Crippen LogP contribution in [0.2, 0.25) is 5.02 Å². The van der Waals surface area contributed by atoms with Gasteiger partial charge in [0.2, 0.25) is 0 Å². The molecular formula is C12H17ClN2O2. The second-order valence-corrected chi connectivity index (χ2v) is 4.64. The van der Waals surface area contributed by atoms with Crippen LogP contribution in [0.1, 0.15) is 30.6 Å². The number of rotatable bonds is 4. The lowest BCUT2D eigenvalue weighted by molar-refractivity contribution is 0.0518. The van der Waals surface area contributed by atoms with Crippen molar-refractivity contribution in [1.29, 1.82) is 0 Å². The van der Waals surface area contributed by atoms with Crippen molar-refractivity contribution in [2.24, 2.45) is 0 Å². The van der Waals surface area contributed by atoms with Crippen LogP contribution in [0.3, 0.4) is 0 Å². The average Bonchev–Trinajstić information content (AvgIpc) is 2.26. The van der Waals surface area contributed by atoms with Gasteiger partial charge in [-0.3, -0.25) is 4.79 Å². The van der Waals surface area contributed by atoms with Gasteiger partial charge in [-0.05, 0) is 25.5 Å². The zero-order valence-corrected chi connectivity index (χ0v) is 10.7. The van der Waals surface area contributed by atoms with Crippen molar-refractivity contribution in [2.75, 3.05) is 12.3 Å². The van der Waals surface area contributed by atoms with Crippen LogP contribution in [0.15, 0.2) is 18.2 Å². The van der Waals surface area contributed by atoms with Crippen molar-refractivity contribution in [3.8, 4) is 0 Å². The molecule has 1 aromatic carbocycles. The summed E-state index contributed by atoms with van der Waals surface area (Å²) in [5.74, 6) is -0.373. The molecule has 0 aliphatic carbocycles. The van der Waals surface area contributed by atoms with E-state index in [4.69, 9.17) is 17.3 Å². The Morgan fingerprint density at radius 3 is 2.76 bits per heavy atom. The molecule has 0 saturated heterocycles. The second-order valence-electron chi connectivity index (χ2n) is 4.24. The Labute approximate surface area is 106 Å². The van der Waals surface area contributed by atoms with Gasteiger partial charge in [-0.1, -0.05) is 24.6 Å².